The summed E-state index contributed by atoms with van der Waals surface area (Å²) in [4.78, 5) is 15.6. The third-order valence-electron chi connectivity index (χ3n) is 5.29. The summed E-state index contributed by atoms with van der Waals surface area (Å²) in [5.41, 5.74) is 1.63. The Morgan fingerprint density at radius 1 is 1.43 bits per heavy atom. The molecule has 1 aromatic carbocycles. The second-order valence-corrected chi connectivity index (χ2v) is 8.87. The van der Waals surface area contributed by atoms with Crippen molar-refractivity contribution in [2.45, 2.75) is 38.8 Å². The molecule has 1 aliphatic rings. The summed E-state index contributed by atoms with van der Waals surface area (Å²) in [5, 5.41) is 12.2. The van der Waals surface area contributed by atoms with Crippen LogP contribution < -0.4 is 10.2 Å². The molecule has 30 heavy (non-hydrogen) atoms. The number of hydrogen-bond acceptors (Lipinski definition) is 5. The number of anilines is 1. The third kappa shape index (κ3) is 4.62. The number of amides is 1. The van der Waals surface area contributed by atoms with E-state index in [0.29, 0.717) is 30.0 Å². The Kier molecular flexibility index (Phi) is 6.29. The molecule has 3 heterocycles. The molecule has 6 nitrogen and oxygen atoms in total. The van der Waals surface area contributed by atoms with Gasteiger partial charge in [0, 0.05) is 32.1 Å². The number of aromatic nitrogens is 3. The van der Waals surface area contributed by atoms with Crippen molar-refractivity contribution in [3.05, 3.63) is 51.9 Å². The first-order chi connectivity index (χ1) is 14.5. The van der Waals surface area contributed by atoms with E-state index in [1.165, 1.54) is 6.07 Å². The standard InChI is InChI=1S/C21H24FN5OS2/c1-14-6-7-16(22)17(12-14)26-9-2-4-15(13-26)23-19(28)8-10-27-20(24-25-21(27)29)18-5-3-11-30-18/h3,5-7,11-12,15H,2,4,8-10,13H2,1H3,(H,23,28)(H,25,29). The molecule has 0 aliphatic carbocycles. The van der Waals surface area contributed by atoms with E-state index in [1.54, 1.807) is 17.4 Å². The van der Waals surface area contributed by atoms with Crippen molar-refractivity contribution in [2.24, 2.45) is 0 Å². The van der Waals surface area contributed by atoms with Crippen molar-refractivity contribution in [3.63, 3.8) is 0 Å². The van der Waals surface area contributed by atoms with Crippen LogP contribution in [0.3, 0.4) is 0 Å². The molecule has 0 spiro atoms. The Morgan fingerprint density at radius 2 is 2.30 bits per heavy atom. The number of piperidine rings is 1. The van der Waals surface area contributed by atoms with Crippen LogP contribution in [0.25, 0.3) is 10.7 Å². The number of nitrogens with one attached hydrogen (secondary N) is 2. The van der Waals surface area contributed by atoms with Crippen LogP contribution in [-0.2, 0) is 11.3 Å². The molecule has 0 bridgehead atoms. The fourth-order valence-corrected chi connectivity index (χ4v) is 4.76. The molecule has 1 amide bonds. The largest absolute Gasteiger partial charge is 0.367 e. The molecule has 1 unspecified atom stereocenters. The topological polar surface area (TPSA) is 66.0 Å². The Labute approximate surface area is 183 Å². The first kappa shape index (κ1) is 20.7. The first-order valence-electron chi connectivity index (χ1n) is 10.0. The van der Waals surface area contributed by atoms with E-state index in [0.717, 1.165) is 35.7 Å². The van der Waals surface area contributed by atoms with E-state index in [2.05, 4.69) is 15.5 Å². The van der Waals surface area contributed by atoms with Gasteiger partial charge in [0.25, 0.3) is 0 Å². The lowest BCUT2D eigenvalue weighted by Crippen LogP contribution is -2.48. The molecule has 9 heteroatoms. The highest BCUT2D eigenvalue weighted by Gasteiger charge is 2.23. The van der Waals surface area contributed by atoms with E-state index in [4.69, 9.17) is 12.2 Å². The highest BCUT2D eigenvalue weighted by atomic mass is 32.1. The number of nitrogens with zero attached hydrogens (tertiary/aromatic N) is 3. The molecular weight excluding hydrogens is 421 g/mol. The van der Waals surface area contributed by atoms with Crippen LogP contribution in [0.1, 0.15) is 24.8 Å². The zero-order valence-electron chi connectivity index (χ0n) is 16.7. The van der Waals surface area contributed by atoms with Crippen molar-refractivity contribution in [2.75, 3.05) is 18.0 Å². The van der Waals surface area contributed by atoms with Crippen LogP contribution in [-0.4, -0.2) is 39.8 Å². The van der Waals surface area contributed by atoms with Crippen molar-refractivity contribution in [1.29, 1.82) is 0 Å². The molecule has 2 N–H and O–H groups in total. The van der Waals surface area contributed by atoms with Crippen LogP contribution in [0.15, 0.2) is 35.7 Å². The van der Waals surface area contributed by atoms with Crippen LogP contribution in [0.4, 0.5) is 10.1 Å². The first-order valence-corrected chi connectivity index (χ1v) is 11.3. The van der Waals surface area contributed by atoms with Gasteiger partial charge in [0.1, 0.15) is 5.82 Å². The maximum Gasteiger partial charge on any atom is 0.222 e. The summed E-state index contributed by atoms with van der Waals surface area (Å²) in [6.45, 7) is 3.81. The minimum atomic E-state index is -0.219. The van der Waals surface area contributed by atoms with E-state index in [1.807, 2.05) is 40.0 Å². The minimum absolute atomic E-state index is 0.000232. The van der Waals surface area contributed by atoms with Gasteiger partial charge in [-0.05, 0) is 61.1 Å². The van der Waals surface area contributed by atoms with Gasteiger partial charge in [0.05, 0.1) is 10.6 Å². The Morgan fingerprint density at radius 3 is 3.10 bits per heavy atom. The van der Waals surface area contributed by atoms with Crippen molar-refractivity contribution in [1.82, 2.24) is 20.1 Å². The second kappa shape index (κ2) is 9.09. The number of carbonyl (C=O) groups is 1. The van der Waals surface area contributed by atoms with Gasteiger partial charge < -0.3 is 10.2 Å². The molecule has 1 fully saturated rings. The summed E-state index contributed by atoms with van der Waals surface area (Å²) in [6.07, 6.45) is 2.11. The summed E-state index contributed by atoms with van der Waals surface area (Å²) in [6, 6.07) is 9.08. The zero-order valence-corrected chi connectivity index (χ0v) is 18.4. The predicted molar refractivity (Wildman–Crippen MR) is 120 cm³/mol. The molecule has 1 atom stereocenters. The van der Waals surface area contributed by atoms with Crippen molar-refractivity contribution < 1.29 is 9.18 Å². The lowest BCUT2D eigenvalue weighted by Gasteiger charge is -2.35. The number of H-pyrrole nitrogens is 1. The van der Waals surface area contributed by atoms with E-state index in [9.17, 15) is 9.18 Å². The van der Waals surface area contributed by atoms with E-state index in [-0.39, 0.29) is 17.8 Å². The van der Waals surface area contributed by atoms with Crippen LogP contribution in [0.2, 0.25) is 0 Å². The number of halogens is 1. The summed E-state index contributed by atoms with van der Waals surface area (Å²) in [5.74, 6) is 0.497. The molecule has 3 aromatic rings. The number of carbonyl (C=O) groups excluding carboxylic acids is 1. The normalized spacial score (nSPS) is 16.6. The van der Waals surface area contributed by atoms with Crippen LogP contribution in [0, 0.1) is 17.5 Å². The van der Waals surface area contributed by atoms with Gasteiger partial charge in [-0.15, -0.1) is 11.3 Å². The summed E-state index contributed by atoms with van der Waals surface area (Å²) >= 11 is 6.91. The molecule has 2 aromatic heterocycles. The number of hydrogen-bond donors (Lipinski definition) is 2. The third-order valence-corrected chi connectivity index (χ3v) is 6.47. The Bertz CT molecular complexity index is 1080. The van der Waals surface area contributed by atoms with Crippen LogP contribution >= 0.6 is 23.6 Å². The Balaban J connectivity index is 1.36. The van der Waals surface area contributed by atoms with E-state index < -0.39 is 0 Å². The molecular formula is C21H24FN5OS2. The number of aryl methyl sites for hydroxylation is 1. The molecule has 0 saturated carbocycles. The number of aromatic amines is 1. The highest BCUT2D eigenvalue weighted by molar-refractivity contribution is 7.71. The van der Waals surface area contributed by atoms with Crippen molar-refractivity contribution in [3.8, 4) is 10.7 Å². The van der Waals surface area contributed by atoms with Crippen LogP contribution in [0.5, 0.6) is 0 Å². The van der Waals surface area contributed by atoms with Gasteiger partial charge >= 0.3 is 0 Å². The average Bonchev–Trinajstić information content (AvgIpc) is 3.38. The van der Waals surface area contributed by atoms with Gasteiger partial charge in [-0.3, -0.25) is 14.5 Å². The second-order valence-electron chi connectivity index (χ2n) is 7.54. The monoisotopic (exact) mass is 445 g/mol. The number of rotatable bonds is 6. The smallest absolute Gasteiger partial charge is 0.222 e. The van der Waals surface area contributed by atoms with Gasteiger partial charge in [-0.25, -0.2) is 4.39 Å². The van der Waals surface area contributed by atoms with Gasteiger partial charge in [0.15, 0.2) is 10.6 Å². The Hall–Kier alpha value is -2.52. The maximum atomic E-state index is 14.3. The number of benzene rings is 1. The molecule has 4 rings (SSSR count). The quantitative estimate of drug-likeness (QED) is 0.556. The van der Waals surface area contributed by atoms with Crippen molar-refractivity contribution >= 4 is 35.1 Å². The molecule has 1 saturated heterocycles. The fourth-order valence-electron chi connectivity index (χ4n) is 3.81. The van der Waals surface area contributed by atoms with Gasteiger partial charge in [0.2, 0.25) is 5.91 Å². The van der Waals surface area contributed by atoms with E-state index >= 15 is 0 Å². The molecule has 0 radical (unpaired) electrons. The lowest BCUT2D eigenvalue weighted by molar-refractivity contribution is -0.122. The molecule has 1 aliphatic heterocycles. The zero-order chi connectivity index (χ0) is 21.1. The fraction of sp³-hybridized carbons (Fsp3) is 0.381. The minimum Gasteiger partial charge on any atom is -0.367 e. The molecule has 158 valence electrons. The van der Waals surface area contributed by atoms with Gasteiger partial charge in [-0.2, -0.15) is 5.10 Å². The number of thiophene rings is 1. The predicted octanol–water partition coefficient (Wildman–Crippen LogP) is 4.29. The average molecular weight is 446 g/mol. The lowest BCUT2D eigenvalue weighted by atomic mass is 10.0. The van der Waals surface area contributed by atoms with Gasteiger partial charge in [-0.1, -0.05) is 12.1 Å². The maximum absolute atomic E-state index is 14.3. The highest BCUT2D eigenvalue weighted by Crippen LogP contribution is 2.25. The SMILES string of the molecule is Cc1ccc(F)c(N2CCCC(NC(=O)CCn3c(-c4cccs4)n[nH]c3=S)C2)c1. The summed E-state index contributed by atoms with van der Waals surface area (Å²) in [7, 11) is 0. The summed E-state index contributed by atoms with van der Waals surface area (Å²) < 4.78 is 16.6.